The Bertz CT molecular complexity index is 1030. The quantitative estimate of drug-likeness (QED) is 0.537. The summed E-state index contributed by atoms with van der Waals surface area (Å²) in [6, 6.07) is 13.9. The fourth-order valence-corrected chi connectivity index (χ4v) is 4.42. The van der Waals surface area contributed by atoms with Crippen molar-refractivity contribution >= 4 is 11.5 Å². The summed E-state index contributed by atoms with van der Waals surface area (Å²) in [7, 11) is 1.69. The van der Waals surface area contributed by atoms with Crippen molar-refractivity contribution in [3.63, 3.8) is 0 Å². The number of rotatable bonds is 7. The van der Waals surface area contributed by atoms with E-state index in [4.69, 9.17) is 9.15 Å². The van der Waals surface area contributed by atoms with E-state index in [9.17, 15) is 4.79 Å². The maximum absolute atomic E-state index is 13.4. The summed E-state index contributed by atoms with van der Waals surface area (Å²) < 4.78 is 13.0. The van der Waals surface area contributed by atoms with Crippen LogP contribution in [0.3, 0.4) is 0 Å². The minimum atomic E-state index is -0.148. The molecule has 1 atom stereocenters. The number of methoxy groups -OCH3 is 1. The van der Waals surface area contributed by atoms with Gasteiger partial charge in [-0.25, -0.2) is 0 Å². The highest BCUT2D eigenvalue weighted by atomic mass is 16.5. The molecule has 0 unspecified atom stereocenters. The molecule has 31 heavy (non-hydrogen) atoms. The molecule has 1 aromatic carbocycles. The molecular formula is C25H31N3O3. The molecule has 3 aromatic rings. The molecule has 3 heterocycles. The first-order valence-corrected chi connectivity index (χ1v) is 10.8. The summed E-state index contributed by atoms with van der Waals surface area (Å²) in [6.45, 7) is 10.2. The van der Waals surface area contributed by atoms with Crippen molar-refractivity contribution in [2.24, 2.45) is 0 Å². The predicted molar refractivity (Wildman–Crippen MR) is 122 cm³/mol. The number of furan rings is 1. The highest BCUT2D eigenvalue weighted by molar-refractivity contribution is 6.01. The van der Waals surface area contributed by atoms with E-state index in [0.29, 0.717) is 6.54 Å². The standard InChI is InChI=1S/C25H31N3O3/c1-18-15-24(19(2)28(18)17-23-9-6-14-31-23)25(29)20(3)26-10-12-27(13-11-26)21-7-5-8-22(16-21)30-4/h5-9,14-16,20H,10-13,17H2,1-4H3/t20-/m0/s1. The van der Waals surface area contributed by atoms with Crippen molar-refractivity contribution in [1.82, 2.24) is 9.47 Å². The van der Waals surface area contributed by atoms with Crippen LogP contribution in [-0.2, 0) is 6.54 Å². The normalized spacial score (nSPS) is 15.8. The van der Waals surface area contributed by atoms with Gasteiger partial charge in [0, 0.05) is 54.9 Å². The molecule has 164 valence electrons. The molecule has 0 N–H and O–H groups in total. The summed E-state index contributed by atoms with van der Waals surface area (Å²) in [4.78, 5) is 18.0. The van der Waals surface area contributed by atoms with Crippen LogP contribution in [0.2, 0.25) is 0 Å². The average molecular weight is 422 g/mol. The van der Waals surface area contributed by atoms with Crippen LogP contribution in [-0.4, -0.2) is 54.6 Å². The van der Waals surface area contributed by atoms with Crippen LogP contribution in [0.5, 0.6) is 5.75 Å². The Morgan fingerprint density at radius 1 is 1.10 bits per heavy atom. The number of nitrogens with zero attached hydrogens (tertiary/aromatic N) is 3. The van der Waals surface area contributed by atoms with E-state index < -0.39 is 0 Å². The molecular weight excluding hydrogens is 390 g/mol. The first-order chi connectivity index (χ1) is 15.0. The largest absolute Gasteiger partial charge is 0.497 e. The Morgan fingerprint density at radius 3 is 2.55 bits per heavy atom. The van der Waals surface area contributed by atoms with Crippen LogP contribution in [0.4, 0.5) is 5.69 Å². The van der Waals surface area contributed by atoms with E-state index in [1.54, 1.807) is 13.4 Å². The number of hydrogen-bond donors (Lipinski definition) is 0. The number of hydrogen-bond acceptors (Lipinski definition) is 5. The number of carbonyl (C=O) groups excluding carboxylic acids is 1. The number of benzene rings is 1. The summed E-state index contributed by atoms with van der Waals surface area (Å²) >= 11 is 0. The third kappa shape index (κ3) is 4.39. The third-order valence-corrected chi connectivity index (χ3v) is 6.39. The first-order valence-electron chi connectivity index (χ1n) is 10.8. The van der Waals surface area contributed by atoms with Gasteiger partial charge in [-0.15, -0.1) is 0 Å². The molecule has 1 aliphatic rings. The van der Waals surface area contributed by atoms with Crippen LogP contribution in [0.1, 0.15) is 34.4 Å². The molecule has 1 saturated heterocycles. The Kier molecular flexibility index (Phi) is 6.18. The Labute approximate surface area is 184 Å². The van der Waals surface area contributed by atoms with Crippen LogP contribution in [0.25, 0.3) is 0 Å². The fourth-order valence-electron chi connectivity index (χ4n) is 4.42. The van der Waals surface area contributed by atoms with Gasteiger partial charge in [0.25, 0.3) is 0 Å². The molecule has 2 aromatic heterocycles. The number of aryl methyl sites for hydroxylation is 1. The molecule has 0 bridgehead atoms. The summed E-state index contributed by atoms with van der Waals surface area (Å²) in [6.07, 6.45) is 1.68. The van der Waals surface area contributed by atoms with Gasteiger partial charge in [0.1, 0.15) is 11.5 Å². The maximum Gasteiger partial charge on any atom is 0.181 e. The highest BCUT2D eigenvalue weighted by Gasteiger charge is 2.28. The predicted octanol–water partition coefficient (Wildman–Crippen LogP) is 4.15. The first kappa shape index (κ1) is 21.2. The van der Waals surface area contributed by atoms with Crippen LogP contribution >= 0.6 is 0 Å². The number of carbonyl (C=O) groups is 1. The highest BCUT2D eigenvalue weighted by Crippen LogP contribution is 2.24. The topological polar surface area (TPSA) is 50.9 Å². The van der Waals surface area contributed by atoms with Gasteiger partial charge in [0.05, 0.1) is 26.0 Å². The number of Topliss-reactive ketones (excluding diaryl/α,β-unsaturated/α-hetero) is 1. The van der Waals surface area contributed by atoms with Crippen LogP contribution < -0.4 is 9.64 Å². The molecule has 0 spiro atoms. The summed E-state index contributed by atoms with van der Waals surface area (Å²) in [5.41, 5.74) is 4.05. The van der Waals surface area contributed by atoms with E-state index in [1.165, 1.54) is 5.69 Å². The summed E-state index contributed by atoms with van der Waals surface area (Å²) in [5, 5.41) is 0. The van der Waals surface area contributed by atoms with E-state index >= 15 is 0 Å². The van der Waals surface area contributed by atoms with E-state index in [1.807, 2.05) is 51.1 Å². The molecule has 6 nitrogen and oxygen atoms in total. The van der Waals surface area contributed by atoms with Crippen molar-refractivity contribution < 1.29 is 13.9 Å². The second-order valence-electron chi connectivity index (χ2n) is 8.22. The Balaban J connectivity index is 1.42. The SMILES string of the molecule is COc1cccc(N2CCN([C@@H](C)C(=O)c3cc(C)n(Cc4ccco4)c3C)CC2)c1. The third-order valence-electron chi connectivity index (χ3n) is 6.39. The lowest BCUT2D eigenvalue weighted by Crippen LogP contribution is -2.51. The molecule has 0 radical (unpaired) electrons. The second-order valence-corrected chi connectivity index (χ2v) is 8.22. The van der Waals surface area contributed by atoms with Crippen LogP contribution in [0.15, 0.2) is 53.1 Å². The fraction of sp³-hybridized carbons (Fsp3) is 0.400. The van der Waals surface area contributed by atoms with Gasteiger partial charge in [0.15, 0.2) is 5.78 Å². The van der Waals surface area contributed by atoms with Crippen molar-refractivity contribution in [3.05, 3.63) is 71.4 Å². The smallest absolute Gasteiger partial charge is 0.181 e. The zero-order chi connectivity index (χ0) is 22.0. The molecule has 1 aliphatic heterocycles. The van der Waals surface area contributed by atoms with Crippen molar-refractivity contribution in [2.45, 2.75) is 33.4 Å². The van der Waals surface area contributed by atoms with E-state index in [0.717, 1.165) is 54.6 Å². The van der Waals surface area contributed by atoms with Gasteiger partial charge >= 0.3 is 0 Å². The van der Waals surface area contributed by atoms with Gasteiger partial charge in [0.2, 0.25) is 0 Å². The number of piperazine rings is 1. The second kappa shape index (κ2) is 9.02. The van der Waals surface area contributed by atoms with E-state index in [2.05, 4.69) is 26.5 Å². The molecule has 6 heteroatoms. The maximum atomic E-state index is 13.4. The van der Waals surface area contributed by atoms with Crippen molar-refractivity contribution in [2.75, 3.05) is 38.2 Å². The van der Waals surface area contributed by atoms with Gasteiger partial charge in [-0.2, -0.15) is 0 Å². The van der Waals surface area contributed by atoms with Crippen molar-refractivity contribution in [1.29, 1.82) is 0 Å². The Morgan fingerprint density at radius 2 is 1.87 bits per heavy atom. The zero-order valence-electron chi connectivity index (χ0n) is 18.8. The Hall–Kier alpha value is -2.99. The molecule has 0 aliphatic carbocycles. The monoisotopic (exact) mass is 421 g/mol. The lowest BCUT2D eigenvalue weighted by Gasteiger charge is -2.38. The number of ether oxygens (including phenoxy) is 1. The van der Waals surface area contributed by atoms with Gasteiger partial charge in [-0.1, -0.05) is 6.07 Å². The van der Waals surface area contributed by atoms with Gasteiger partial charge < -0.3 is 18.6 Å². The number of anilines is 1. The number of ketones is 1. The minimum absolute atomic E-state index is 0.148. The number of aromatic nitrogens is 1. The van der Waals surface area contributed by atoms with Crippen molar-refractivity contribution in [3.8, 4) is 5.75 Å². The lowest BCUT2D eigenvalue weighted by atomic mass is 10.0. The molecule has 4 rings (SSSR count). The van der Waals surface area contributed by atoms with Crippen LogP contribution in [0, 0.1) is 13.8 Å². The molecule has 0 amide bonds. The zero-order valence-corrected chi connectivity index (χ0v) is 18.8. The average Bonchev–Trinajstić information content (AvgIpc) is 3.42. The molecule has 1 fully saturated rings. The van der Waals surface area contributed by atoms with E-state index in [-0.39, 0.29) is 11.8 Å². The summed E-state index contributed by atoms with van der Waals surface area (Å²) in [5.74, 6) is 1.95. The molecule has 0 saturated carbocycles. The van der Waals surface area contributed by atoms with Gasteiger partial charge in [-0.3, -0.25) is 9.69 Å². The lowest BCUT2D eigenvalue weighted by molar-refractivity contribution is 0.0829. The van der Waals surface area contributed by atoms with Gasteiger partial charge in [-0.05, 0) is 51.1 Å². The minimum Gasteiger partial charge on any atom is -0.497 e.